The molecule has 4 rings (SSSR count). The Bertz CT molecular complexity index is 1350. The van der Waals surface area contributed by atoms with E-state index in [2.05, 4.69) is 0 Å². The van der Waals surface area contributed by atoms with Crippen LogP contribution >= 0.6 is 23.2 Å². The van der Waals surface area contributed by atoms with Gasteiger partial charge in [0, 0.05) is 22.2 Å². The van der Waals surface area contributed by atoms with Gasteiger partial charge in [-0.25, -0.2) is 0 Å². The molecule has 36 heavy (non-hydrogen) atoms. The zero-order valence-electron chi connectivity index (χ0n) is 20.0. The van der Waals surface area contributed by atoms with Gasteiger partial charge >= 0.3 is 0 Å². The van der Waals surface area contributed by atoms with E-state index in [1.54, 1.807) is 50.6 Å². The predicted octanol–water partition coefficient (Wildman–Crippen LogP) is 5.98. The standard InChI is InChI=1S/C28H25Cl2NO5/c1-16-4-7-18(8-5-16)26(32)24-25(20-10-9-19(29)15-21(20)30)31(28(34)27(24)33)13-12-17-6-11-22(35-2)23(14-17)36-3/h4-11,14-15,25,32H,12-13H2,1-3H3/t25-/m0/s1. The number of amides is 1. The molecule has 3 aromatic rings. The van der Waals surface area contributed by atoms with Crippen LogP contribution in [0.1, 0.15) is 28.3 Å². The summed E-state index contributed by atoms with van der Waals surface area (Å²) in [6.45, 7) is 2.12. The smallest absolute Gasteiger partial charge is 0.295 e. The highest BCUT2D eigenvalue weighted by Gasteiger charge is 2.46. The van der Waals surface area contributed by atoms with Gasteiger partial charge in [-0.05, 0) is 48.7 Å². The van der Waals surface area contributed by atoms with Gasteiger partial charge in [-0.1, -0.05) is 65.2 Å². The van der Waals surface area contributed by atoms with Crippen LogP contribution in [-0.4, -0.2) is 42.5 Å². The van der Waals surface area contributed by atoms with E-state index >= 15 is 0 Å². The Morgan fingerprint density at radius 3 is 2.28 bits per heavy atom. The third-order valence-electron chi connectivity index (χ3n) is 6.21. The average molecular weight is 526 g/mol. The molecule has 6 nitrogen and oxygen atoms in total. The number of hydrogen-bond donors (Lipinski definition) is 1. The third kappa shape index (κ3) is 4.92. The number of benzene rings is 3. The summed E-state index contributed by atoms with van der Waals surface area (Å²) in [4.78, 5) is 27.9. The first-order chi connectivity index (χ1) is 17.2. The molecule has 1 saturated heterocycles. The van der Waals surface area contributed by atoms with Crippen molar-refractivity contribution in [3.63, 3.8) is 0 Å². The number of aliphatic hydroxyl groups excluding tert-OH is 1. The molecule has 0 spiro atoms. The second-order valence-corrected chi connectivity index (χ2v) is 9.31. The van der Waals surface area contributed by atoms with Crippen LogP contribution in [0.5, 0.6) is 11.5 Å². The lowest BCUT2D eigenvalue weighted by Gasteiger charge is -2.26. The first-order valence-electron chi connectivity index (χ1n) is 11.3. The summed E-state index contributed by atoms with van der Waals surface area (Å²) < 4.78 is 10.7. The van der Waals surface area contributed by atoms with Crippen molar-refractivity contribution in [2.24, 2.45) is 0 Å². The lowest BCUT2D eigenvalue weighted by atomic mass is 9.95. The number of likely N-dealkylation sites (tertiary alicyclic amines) is 1. The summed E-state index contributed by atoms with van der Waals surface area (Å²) >= 11 is 12.6. The lowest BCUT2D eigenvalue weighted by molar-refractivity contribution is -0.139. The highest BCUT2D eigenvalue weighted by molar-refractivity contribution is 6.47. The molecule has 1 N–H and O–H groups in total. The normalized spacial score (nSPS) is 16.9. The zero-order chi connectivity index (χ0) is 26.0. The molecule has 1 aliphatic rings. The van der Waals surface area contributed by atoms with E-state index in [4.69, 9.17) is 32.7 Å². The first-order valence-corrected chi connectivity index (χ1v) is 12.0. The van der Waals surface area contributed by atoms with Crippen molar-refractivity contribution in [2.45, 2.75) is 19.4 Å². The van der Waals surface area contributed by atoms with E-state index in [0.717, 1.165) is 11.1 Å². The molecule has 8 heteroatoms. The number of aliphatic hydroxyl groups is 1. The number of halogens is 2. The number of methoxy groups -OCH3 is 2. The molecule has 1 aliphatic heterocycles. The maximum absolute atomic E-state index is 13.2. The SMILES string of the molecule is COc1ccc(CCN2C(=O)C(=O)C(=C(O)c3ccc(C)cc3)[C@@H]2c2ccc(Cl)cc2Cl)cc1OC. The number of ether oxygens (including phenoxy) is 2. The number of aryl methyl sites for hydroxylation is 1. The van der Waals surface area contributed by atoms with E-state index in [0.29, 0.717) is 39.1 Å². The van der Waals surface area contributed by atoms with Gasteiger partial charge < -0.3 is 19.5 Å². The summed E-state index contributed by atoms with van der Waals surface area (Å²) in [7, 11) is 3.11. The molecule has 0 unspecified atom stereocenters. The van der Waals surface area contributed by atoms with Crippen molar-refractivity contribution in [2.75, 3.05) is 20.8 Å². The van der Waals surface area contributed by atoms with Crippen LogP contribution in [0.4, 0.5) is 0 Å². The van der Waals surface area contributed by atoms with E-state index in [1.807, 2.05) is 31.2 Å². The largest absolute Gasteiger partial charge is 0.507 e. The lowest BCUT2D eigenvalue weighted by Crippen LogP contribution is -2.31. The Kier molecular flexibility index (Phi) is 7.57. The van der Waals surface area contributed by atoms with Crippen molar-refractivity contribution in [1.29, 1.82) is 0 Å². The van der Waals surface area contributed by atoms with E-state index in [-0.39, 0.29) is 17.9 Å². The van der Waals surface area contributed by atoms with Gasteiger partial charge in [0.15, 0.2) is 11.5 Å². The summed E-state index contributed by atoms with van der Waals surface area (Å²) in [5, 5.41) is 11.9. The second kappa shape index (κ2) is 10.6. The van der Waals surface area contributed by atoms with E-state index in [1.165, 1.54) is 4.90 Å². The third-order valence-corrected chi connectivity index (χ3v) is 6.77. The van der Waals surface area contributed by atoms with Crippen molar-refractivity contribution in [3.8, 4) is 11.5 Å². The number of ketones is 1. The van der Waals surface area contributed by atoms with E-state index < -0.39 is 17.7 Å². The van der Waals surface area contributed by atoms with Gasteiger partial charge in [-0.15, -0.1) is 0 Å². The Balaban J connectivity index is 1.77. The van der Waals surface area contributed by atoms with Crippen LogP contribution in [0, 0.1) is 6.92 Å². The van der Waals surface area contributed by atoms with Crippen molar-refractivity contribution < 1.29 is 24.2 Å². The van der Waals surface area contributed by atoms with Gasteiger partial charge in [0.25, 0.3) is 11.7 Å². The minimum absolute atomic E-state index is 0.0135. The van der Waals surface area contributed by atoms with Gasteiger partial charge in [-0.3, -0.25) is 9.59 Å². The highest BCUT2D eigenvalue weighted by Crippen LogP contribution is 2.42. The molecule has 0 saturated carbocycles. The number of Topliss-reactive ketones (excluding diaryl/α,β-unsaturated/α-hetero) is 1. The molecule has 0 aromatic heterocycles. The summed E-state index contributed by atoms with van der Waals surface area (Å²) in [5.74, 6) is -0.573. The molecule has 1 fully saturated rings. The highest BCUT2D eigenvalue weighted by atomic mass is 35.5. The second-order valence-electron chi connectivity index (χ2n) is 8.46. The van der Waals surface area contributed by atoms with E-state index in [9.17, 15) is 14.7 Å². The monoisotopic (exact) mass is 525 g/mol. The van der Waals surface area contributed by atoms with Crippen LogP contribution in [0.25, 0.3) is 5.76 Å². The Labute approximate surface area is 219 Å². The zero-order valence-corrected chi connectivity index (χ0v) is 21.6. The van der Waals surface area contributed by atoms with Crippen LogP contribution < -0.4 is 9.47 Å². The molecule has 0 aliphatic carbocycles. The Morgan fingerprint density at radius 2 is 1.64 bits per heavy atom. The molecule has 0 bridgehead atoms. The van der Waals surface area contributed by atoms with Crippen LogP contribution in [0.3, 0.4) is 0 Å². The number of hydrogen-bond acceptors (Lipinski definition) is 5. The molecular formula is C28H25Cl2NO5. The fourth-order valence-electron chi connectivity index (χ4n) is 4.31. The molecule has 186 valence electrons. The average Bonchev–Trinajstić information content (AvgIpc) is 3.12. The summed E-state index contributed by atoms with van der Waals surface area (Å²) in [5.41, 5.74) is 2.81. The quantitative estimate of drug-likeness (QED) is 0.233. The molecule has 3 aromatic carbocycles. The van der Waals surface area contributed by atoms with Gasteiger partial charge in [-0.2, -0.15) is 0 Å². The minimum Gasteiger partial charge on any atom is -0.507 e. The number of rotatable bonds is 7. The Hall–Kier alpha value is -3.48. The molecule has 1 heterocycles. The van der Waals surface area contributed by atoms with Gasteiger partial charge in [0.05, 0.1) is 25.8 Å². The van der Waals surface area contributed by atoms with Crippen molar-refractivity contribution in [1.82, 2.24) is 4.90 Å². The number of carbonyl (C=O) groups is 2. The number of carbonyl (C=O) groups excluding carboxylic acids is 2. The Morgan fingerprint density at radius 1 is 0.944 bits per heavy atom. The predicted molar refractivity (Wildman–Crippen MR) is 140 cm³/mol. The van der Waals surface area contributed by atoms with Crippen molar-refractivity contribution in [3.05, 3.63) is 98.5 Å². The number of nitrogens with zero attached hydrogens (tertiary/aromatic N) is 1. The van der Waals surface area contributed by atoms with Gasteiger partial charge in [0.1, 0.15) is 5.76 Å². The first kappa shape index (κ1) is 25.6. The summed E-state index contributed by atoms with van der Waals surface area (Å²) in [6, 6.07) is 16.5. The van der Waals surface area contributed by atoms with Crippen LogP contribution in [0.15, 0.2) is 66.2 Å². The maximum Gasteiger partial charge on any atom is 0.295 e. The van der Waals surface area contributed by atoms with Gasteiger partial charge in [0.2, 0.25) is 0 Å². The van der Waals surface area contributed by atoms with Crippen LogP contribution in [-0.2, 0) is 16.0 Å². The molecule has 0 radical (unpaired) electrons. The molecule has 1 amide bonds. The van der Waals surface area contributed by atoms with Crippen LogP contribution in [0.2, 0.25) is 10.0 Å². The maximum atomic E-state index is 13.2. The molecule has 1 atom stereocenters. The minimum atomic E-state index is -0.879. The topological polar surface area (TPSA) is 76.1 Å². The fourth-order valence-corrected chi connectivity index (χ4v) is 4.82. The molecular weight excluding hydrogens is 501 g/mol. The van der Waals surface area contributed by atoms with Crippen molar-refractivity contribution >= 4 is 40.7 Å². The summed E-state index contributed by atoms with van der Waals surface area (Å²) in [6.07, 6.45) is 0.430. The fraction of sp³-hybridized carbons (Fsp3) is 0.214.